The van der Waals surface area contributed by atoms with Crippen LogP contribution in [0.1, 0.15) is 24.6 Å². The maximum Gasteiger partial charge on any atom is 0.251 e. The molecule has 0 fully saturated rings. The molecule has 2 aromatic rings. The first-order valence-electron chi connectivity index (χ1n) is 6.20. The smallest absolute Gasteiger partial charge is 0.251 e. The Bertz CT molecular complexity index is 718. The number of aromatic amines is 1. The number of anilines is 1. The van der Waals surface area contributed by atoms with Gasteiger partial charge in [0.15, 0.2) is 5.16 Å². The zero-order chi connectivity index (χ0) is 14.5. The number of H-pyrrole nitrogens is 1. The molecule has 0 unspecified atom stereocenters. The molecule has 5 nitrogen and oxygen atoms in total. The number of aromatic nitrogens is 2. The minimum absolute atomic E-state index is 0.160. The first kappa shape index (κ1) is 14.2. The van der Waals surface area contributed by atoms with Crippen LogP contribution in [0.5, 0.6) is 0 Å². The van der Waals surface area contributed by atoms with Crippen LogP contribution in [0.25, 0.3) is 0 Å². The fourth-order valence-electron chi connectivity index (χ4n) is 1.73. The number of nitrogens with one attached hydrogen (secondary N) is 1. The summed E-state index contributed by atoms with van der Waals surface area (Å²) in [6.07, 6.45) is 1.71. The molecule has 0 bridgehead atoms. The summed E-state index contributed by atoms with van der Waals surface area (Å²) >= 11 is 1.32. The molecule has 0 saturated heterocycles. The molecule has 0 aliphatic heterocycles. The Morgan fingerprint density at radius 3 is 2.90 bits per heavy atom. The van der Waals surface area contributed by atoms with E-state index in [-0.39, 0.29) is 5.56 Å². The predicted molar refractivity (Wildman–Crippen MR) is 78.5 cm³/mol. The summed E-state index contributed by atoms with van der Waals surface area (Å²) in [6.45, 7) is 2.04. The van der Waals surface area contributed by atoms with Crippen molar-refractivity contribution in [1.82, 2.24) is 9.97 Å². The molecule has 102 valence electrons. The van der Waals surface area contributed by atoms with E-state index >= 15 is 0 Å². The average Bonchev–Trinajstić information content (AvgIpc) is 2.38. The number of nitrogens with zero attached hydrogens (tertiary/aromatic N) is 2. The molecular formula is C14H14N4OS. The number of hydrogen-bond acceptors (Lipinski definition) is 5. The third-order valence-corrected chi connectivity index (χ3v) is 3.51. The molecule has 0 saturated carbocycles. The highest BCUT2D eigenvalue weighted by Gasteiger charge is 2.05. The van der Waals surface area contributed by atoms with E-state index in [2.05, 4.69) is 9.97 Å². The van der Waals surface area contributed by atoms with Gasteiger partial charge in [-0.2, -0.15) is 5.26 Å². The minimum atomic E-state index is -0.160. The van der Waals surface area contributed by atoms with E-state index in [1.165, 1.54) is 17.8 Å². The number of nitrogens with two attached hydrogens (primary N) is 1. The molecule has 2 rings (SSSR count). The Morgan fingerprint density at radius 2 is 2.25 bits per heavy atom. The van der Waals surface area contributed by atoms with Gasteiger partial charge in [0.25, 0.3) is 5.56 Å². The van der Waals surface area contributed by atoms with Crippen molar-refractivity contribution in [2.45, 2.75) is 29.8 Å². The van der Waals surface area contributed by atoms with Gasteiger partial charge in [-0.3, -0.25) is 4.79 Å². The number of benzene rings is 1. The van der Waals surface area contributed by atoms with Gasteiger partial charge >= 0.3 is 0 Å². The van der Waals surface area contributed by atoms with Crippen LogP contribution in [-0.2, 0) is 6.42 Å². The number of nitriles is 1. The molecule has 0 aliphatic carbocycles. The number of hydrogen-bond donors (Lipinski definition) is 2. The van der Waals surface area contributed by atoms with Gasteiger partial charge in [0, 0.05) is 16.7 Å². The first-order valence-corrected chi connectivity index (χ1v) is 7.01. The maximum absolute atomic E-state index is 11.6. The fraction of sp³-hybridized carbons (Fsp3) is 0.214. The van der Waals surface area contributed by atoms with Gasteiger partial charge < -0.3 is 10.7 Å². The molecular weight excluding hydrogens is 272 g/mol. The van der Waals surface area contributed by atoms with E-state index in [1.54, 1.807) is 18.2 Å². The van der Waals surface area contributed by atoms with Crippen LogP contribution in [0.3, 0.4) is 0 Å². The van der Waals surface area contributed by atoms with Crippen LogP contribution in [0.2, 0.25) is 0 Å². The van der Waals surface area contributed by atoms with Crippen LogP contribution in [0, 0.1) is 11.3 Å². The Balaban J connectivity index is 2.28. The lowest BCUT2D eigenvalue weighted by atomic mass is 10.2. The van der Waals surface area contributed by atoms with Crippen molar-refractivity contribution < 1.29 is 0 Å². The van der Waals surface area contributed by atoms with Crippen molar-refractivity contribution in [3.05, 3.63) is 45.9 Å². The molecule has 1 heterocycles. The second-order valence-corrected chi connectivity index (χ2v) is 5.32. The normalized spacial score (nSPS) is 10.2. The maximum atomic E-state index is 11.6. The lowest BCUT2D eigenvalue weighted by molar-refractivity contribution is 0.816. The van der Waals surface area contributed by atoms with Crippen molar-refractivity contribution in [3.63, 3.8) is 0 Å². The molecule has 20 heavy (non-hydrogen) atoms. The highest BCUT2D eigenvalue weighted by atomic mass is 32.2. The highest BCUT2D eigenvalue weighted by Crippen LogP contribution is 2.27. The van der Waals surface area contributed by atoms with Gasteiger partial charge in [-0.05, 0) is 24.6 Å². The van der Waals surface area contributed by atoms with E-state index in [9.17, 15) is 4.79 Å². The molecule has 0 radical (unpaired) electrons. The summed E-state index contributed by atoms with van der Waals surface area (Å²) in [7, 11) is 0. The van der Waals surface area contributed by atoms with Crippen LogP contribution >= 0.6 is 11.8 Å². The predicted octanol–water partition coefficient (Wildman–Crippen LogP) is 2.33. The summed E-state index contributed by atoms with van der Waals surface area (Å²) < 4.78 is 0. The summed E-state index contributed by atoms with van der Waals surface area (Å²) in [5.74, 6) is 0. The molecule has 0 spiro atoms. The minimum Gasteiger partial charge on any atom is -0.398 e. The lowest BCUT2D eigenvalue weighted by Crippen LogP contribution is -2.09. The number of rotatable bonds is 4. The SMILES string of the molecule is CCCc1cc(=O)[nH]c(Sc2ccc(C#N)c(N)c2)n1. The molecule has 0 atom stereocenters. The average molecular weight is 286 g/mol. The van der Waals surface area contributed by atoms with Crippen molar-refractivity contribution in [2.75, 3.05) is 5.73 Å². The van der Waals surface area contributed by atoms with Gasteiger partial charge in [0.1, 0.15) is 6.07 Å². The fourth-order valence-corrected chi connectivity index (χ4v) is 2.59. The quantitative estimate of drug-likeness (QED) is 0.664. The second kappa shape index (κ2) is 6.26. The van der Waals surface area contributed by atoms with Crippen LogP contribution in [-0.4, -0.2) is 9.97 Å². The van der Waals surface area contributed by atoms with Crippen molar-refractivity contribution in [3.8, 4) is 6.07 Å². The lowest BCUT2D eigenvalue weighted by Gasteiger charge is -2.05. The third kappa shape index (κ3) is 3.39. The van der Waals surface area contributed by atoms with E-state index in [4.69, 9.17) is 11.0 Å². The standard InChI is InChI=1S/C14H14N4OS/c1-2-3-10-6-13(19)18-14(17-10)20-11-5-4-9(8-15)12(16)7-11/h4-7H,2-3,16H2,1H3,(H,17,18,19). The van der Waals surface area contributed by atoms with Crippen molar-refractivity contribution in [2.24, 2.45) is 0 Å². The molecule has 1 aromatic heterocycles. The molecule has 6 heteroatoms. The Morgan fingerprint density at radius 1 is 1.45 bits per heavy atom. The topological polar surface area (TPSA) is 95.6 Å². The summed E-state index contributed by atoms with van der Waals surface area (Å²) in [6, 6.07) is 8.67. The van der Waals surface area contributed by atoms with Crippen LogP contribution in [0.15, 0.2) is 39.1 Å². The van der Waals surface area contributed by atoms with Gasteiger partial charge in [0.05, 0.1) is 11.3 Å². The highest BCUT2D eigenvalue weighted by molar-refractivity contribution is 7.99. The molecule has 3 N–H and O–H groups in total. The van der Waals surface area contributed by atoms with Crippen molar-refractivity contribution >= 4 is 17.4 Å². The van der Waals surface area contributed by atoms with Gasteiger partial charge in [0.2, 0.25) is 0 Å². The van der Waals surface area contributed by atoms with Crippen LogP contribution in [0.4, 0.5) is 5.69 Å². The van der Waals surface area contributed by atoms with Gasteiger partial charge in [-0.15, -0.1) is 0 Å². The van der Waals surface area contributed by atoms with Gasteiger partial charge in [-0.1, -0.05) is 25.1 Å². The van der Waals surface area contributed by atoms with Crippen LogP contribution < -0.4 is 11.3 Å². The van der Waals surface area contributed by atoms with E-state index in [0.717, 1.165) is 23.4 Å². The number of nitrogen functional groups attached to an aromatic ring is 1. The Kier molecular flexibility index (Phi) is 4.43. The molecule has 1 aromatic carbocycles. The monoisotopic (exact) mass is 286 g/mol. The Labute approximate surface area is 120 Å². The summed E-state index contributed by atoms with van der Waals surface area (Å²) in [4.78, 5) is 19.5. The summed E-state index contributed by atoms with van der Waals surface area (Å²) in [5.41, 5.74) is 7.24. The third-order valence-electron chi connectivity index (χ3n) is 2.64. The zero-order valence-corrected chi connectivity index (χ0v) is 11.8. The second-order valence-electron chi connectivity index (χ2n) is 4.25. The summed E-state index contributed by atoms with van der Waals surface area (Å²) in [5, 5.41) is 9.37. The molecule has 0 aliphatic rings. The van der Waals surface area contributed by atoms with E-state index < -0.39 is 0 Å². The largest absolute Gasteiger partial charge is 0.398 e. The first-order chi connectivity index (χ1) is 9.62. The number of aryl methyl sites for hydroxylation is 1. The van der Waals surface area contributed by atoms with E-state index in [0.29, 0.717) is 16.4 Å². The van der Waals surface area contributed by atoms with Crippen molar-refractivity contribution in [1.29, 1.82) is 5.26 Å². The van der Waals surface area contributed by atoms with E-state index in [1.807, 2.05) is 13.0 Å². The molecule has 0 amide bonds. The van der Waals surface area contributed by atoms with Gasteiger partial charge in [-0.25, -0.2) is 4.98 Å². The zero-order valence-electron chi connectivity index (χ0n) is 11.0. The Hall–Kier alpha value is -2.26.